The Bertz CT molecular complexity index is 1900. The molecular formula is C32H16N2S3. The molecule has 0 aliphatic carbocycles. The van der Waals surface area contributed by atoms with Gasteiger partial charge in [-0.15, -0.1) is 34.0 Å². The van der Waals surface area contributed by atoms with Crippen molar-refractivity contribution in [1.82, 2.24) is 0 Å². The summed E-state index contributed by atoms with van der Waals surface area (Å²) >= 11 is 5.49. The van der Waals surface area contributed by atoms with Gasteiger partial charge in [-0.05, 0) is 59.2 Å². The molecule has 172 valence electrons. The Kier molecular flexibility index (Phi) is 5.16. The molecule has 0 N–H and O–H groups in total. The molecule has 5 heteroatoms. The van der Waals surface area contributed by atoms with E-state index in [2.05, 4.69) is 60.7 Å². The maximum Gasteiger partial charge on any atom is 0.0991 e. The quantitative estimate of drug-likeness (QED) is 0.231. The van der Waals surface area contributed by atoms with Crippen LogP contribution >= 0.6 is 34.0 Å². The molecule has 0 aliphatic heterocycles. The Hall–Kier alpha value is -4.26. The smallest absolute Gasteiger partial charge is 0.0991 e. The summed E-state index contributed by atoms with van der Waals surface area (Å²) in [6.07, 6.45) is 0. The molecule has 3 heterocycles. The van der Waals surface area contributed by atoms with Gasteiger partial charge in [0.1, 0.15) is 0 Å². The molecule has 0 saturated carbocycles. The first-order valence-electron chi connectivity index (χ1n) is 11.7. The van der Waals surface area contributed by atoms with Crippen LogP contribution in [0.4, 0.5) is 0 Å². The molecule has 7 rings (SSSR count). The second-order valence-corrected chi connectivity index (χ2v) is 12.0. The number of thiophene rings is 3. The topological polar surface area (TPSA) is 47.6 Å². The number of fused-ring (bicyclic) bond motifs is 6. The molecule has 0 radical (unpaired) electrons. The normalized spacial score (nSPS) is 11.2. The fraction of sp³-hybridized carbons (Fsp3) is 0. The van der Waals surface area contributed by atoms with E-state index in [-0.39, 0.29) is 0 Å². The van der Waals surface area contributed by atoms with Crippen molar-refractivity contribution in [1.29, 1.82) is 10.5 Å². The van der Waals surface area contributed by atoms with E-state index in [1.807, 2.05) is 82.5 Å². The molecule has 0 spiro atoms. The Balaban J connectivity index is 1.51. The van der Waals surface area contributed by atoms with E-state index in [1.54, 1.807) is 0 Å². The van der Waals surface area contributed by atoms with Crippen molar-refractivity contribution in [2.24, 2.45) is 0 Å². The highest BCUT2D eigenvalue weighted by molar-refractivity contribution is 7.29. The lowest BCUT2D eigenvalue weighted by molar-refractivity contribution is 1.49. The molecule has 2 nitrogen and oxygen atoms in total. The molecule has 0 unspecified atom stereocenters. The second kappa shape index (κ2) is 8.69. The van der Waals surface area contributed by atoms with E-state index in [9.17, 15) is 10.5 Å². The van der Waals surface area contributed by atoms with Crippen molar-refractivity contribution in [3.05, 3.63) is 108 Å². The average molecular weight is 525 g/mol. The molecule has 0 amide bonds. The van der Waals surface area contributed by atoms with Gasteiger partial charge in [0.2, 0.25) is 0 Å². The van der Waals surface area contributed by atoms with Gasteiger partial charge in [0.05, 0.1) is 23.3 Å². The van der Waals surface area contributed by atoms with Crippen molar-refractivity contribution >= 4 is 64.3 Å². The van der Waals surface area contributed by atoms with Crippen molar-refractivity contribution < 1.29 is 0 Å². The van der Waals surface area contributed by atoms with Crippen molar-refractivity contribution in [3.8, 4) is 43.5 Å². The first kappa shape index (κ1) is 22.0. The second-order valence-electron chi connectivity index (χ2n) is 8.80. The van der Waals surface area contributed by atoms with Crippen LogP contribution in [0.3, 0.4) is 0 Å². The van der Waals surface area contributed by atoms with Gasteiger partial charge < -0.3 is 0 Å². The zero-order valence-corrected chi connectivity index (χ0v) is 21.8. The zero-order valence-electron chi connectivity index (χ0n) is 19.4. The lowest BCUT2D eigenvalue weighted by atomic mass is 10.1. The van der Waals surface area contributed by atoms with Gasteiger partial charge in [0.25, 0.3) is 0 Å². The summed E-state index contributed by atoms with van der Waals surface area (Å²) in [7, 11) is 0. The molecular weight excluding hydrogens is 509 g/mol. The first-order valence-corrected chi connectivity index (χ1v) is 14.2. The minimum atomic E-state index is 0.672. The first-order chi connectivity index (χ1) is 18.2. The lowest BCUT2D eigenvalue weighted by Crippen LogP contribution is -1.74. The van der Waals surface area contributed by atoms with Gasteiger partial charge >= 0.3 is 0 Å². The van der Waals surface area contributed by atoms with Gasteiger partial charge in [-0.1, -0.05) is 54.6 Å². The van der Waals surface area contributed by atoms with Crippen molar-refractivity contribution in [2.45, 2.75) is 0 Å². The highest BCUT2D eigenvalue weighted by Crippen LogP contribution is 2.50. The van der Waals surface area contributed by atoms with Crippen LogP contribution in [0, 0.1) is 22.7 Å². The van der Waals surface area contributed by atoms with Crippen LogP contribution in [0.15, 0.2) is 97.1 Å². The molecule has 0 fully saturated rings. The number of hydrogen-bond acceptors (Lipinski definition) is 5. The van der Waals surface area contributed by atoms with Crippen molar-refractivity contribution in [3.63, 3.8) is 0 Å². The summed E-state index contributed by atoms with van der Waals surface area (Å²) in [6.45, 7) is 0. The predicted molar refractivity (Wildman–Crippen MR) is 158 cm³/mol. The van der Waals surface area contributed by atoms with Crippen molar-refractivity contribution in [2.75, 3.05) is 0 Å². The number of nitriles is 2. The number of nitrogens with zero attached hydrogens (tertiary/aromatic N) is 2. The Labute approximate surface area is 225 Å². The van der Waals surface area contributed by atoms with Gasteiger partial charge in [0.15, 0.2) is 0 Å². The van der Waals surface area contributed by atoms with Crippen LogP contribution in [-0.4, -0.2) is 0 Å². The van der Waals surface area contributed by atoms with Crippen LogP contribution in [0.5, 0.6) is 0 Å². The van der Waals surface area contributed by atoms with Gasteiger partial charge in [0, 0.05) is 44.9 Å². The zero-order chi connectivity index (χ0) is 24.9. The molecule has 0 aliphatic rings. The van der Waals surface area contributed by atoms with E-state index < -0.39 is 0 Å². The summed E-state index contributed by atoms with van der Waals surface area (Å²) in [6, 6.07) is 37.7. The number of benzene rings is 4. The van der Waals surface area contributed by atoms with Gasteiger partial charge in [-0.25, -0.2) is 0 Å². The van der Waals surface area contributed by atoms with Crippen LogP contribution in [0.2, 0.25) is 0 Å². The maximum absolute atomic E-state index is 9.21. The molecule has 0 atom stereocenters. The van der Waals surface area contributed by atoms with Crippen LogP contribution in [0.1, 0.15) is 11.1 Å². The van der Waals surface area contributed by atoms with Crippen LogP contribution < -0.4 is 0 Å². The predicted octanol–water partition coefficient (Wildman–Crippen LogP) is 10.1. The van der Waals surface area contributed by atoms with E-state index in [0.29, 0.717) is 11.1 Å². The largest absolute Gasteiger partial charge is 0.192 e. The molecule has 3 aromatic heterocycles. The third-order valence-corrected chi connectivity index (χ3v) is 10.2. The lowest BCUT2D eigenvalue weighted by Gasteiger charge is -1.96. The minimum absolute atomic E-state index is 0.672. The molecule has 0 saturated heterocycles. The third-order valence-electron chi connectivity index (χ3n) is 6.59. The van der Waals surface area contributed by atoms with Gasteiger partial charge in [-0.2, -0.15) is 10.5 Å². The van der Waals surface area contributed by atoms with E-state index in [1.165, 1.54) is 50.5 Å². The van der Waals surface area contributed by atoms with E-state index in [4.69, 9.17) is 0 Å². The highest BCUT2D eigenvalue weighted by Gasteiger charge is 2.19. The highest BCUT2D eigenvalue weighted by atomic mass is 32.1. The van der Waals surface area contributed by atoms with Crippen LogP contribution in [0.25, 0.3) is 61.6 Å². The third kappa shape index (κ3) is 3.65. The van der Waals surface area contributed by atoms with E-state index >= 15 is 0 Å². The average Bonchev–Trinajstić information content (AvgIpc) is 3.70. The number of rotatable bonds is 3. The Morgan fingerprint density at radius 2 is 0.784 bits per heavy atom. The summed E-state index contributed by atoms with van der Waals surface area (Å²) in [4.78, 5) is 3.67. The molecule has 4 aromatic carbocycles. The summed E-state index contributed by atoms with van der Waals surface area (Å²) in [5.74, 6) is 0. The van der Waals surface area contributed by atoms with Gasteiger partial charge in [-0.3, -0.25) is 0 Å². The molecule has 0 bridgehead atoms. The minimum Gasteiger partial charge on any atom is -0.192 e. The fourth-order valence-corrected chi connectivity index (χ4v) is 8.50. The Morgan fingerprint density at radius 1 is 0.432 bits per heavy atom. The van der Waals surface area contributed by atoms with Crippen LogP contribution in [-0.2, 0) is 0 Å². The summed E-state index contributed by atoms with van der Waals surface area (Å²) in [5.41, 5.74) is 4.83. The SMILES string of the molecule is N#Cc1ccc(-c2cc3c(s2)c2cc(-c4ccccc4)sc2c2cc(-c4ccc(C#N)cc4)sc23)cc1. The monoisotopic (exact) mass is 524 g/mol. The maximum atomic E-state index is 9.21. The standard InChI is InChI=1S/C32H16N2S3/c33-17-19-6-10-22(11-7-19)28-15-25-30-24(14-27(35-30)21-4-2-1-3-5-21)31-26(32(25)37-28)16-29(36-31)23-12-8-20(18-34)9-13-23/h1-16H. The summed E-state index contributed by atoms with van der Waals surface area (Å²) < 4.78 is 3.90. The molecule has 7 aromatic rings. The number of hydrogen-bond donors (Lipinski definition) is 0. The fourth-order valence-electron chi connectivity index (χ4n) is 4.73. The molecule has 37 heavy (non-hydrogen) atoms. The Morgan fingerprint density at radius 3 is 1.14 bits per heavy atom. The summed E-state index contributed by atoms with van der Waals surface area (Å²) in [5, 5.41) is 22.3. The van der Waals surface area contributed by atoms with E-state index in [0.717, 1.165) is 11.1 Å².